The zero-order valence-corrected chi connectivity index (χ0v) is 31.3. The molecule has 0 aliphatic carbocycles. The molecule has 2 heterocycles. The van der Waals surface area contributed by atoms with Gasteiger partial charge in [0.05, 0.1) is 38.6 Å². The minimum Gasteiger partial charge on any atom is -0.465 e. The van der Waals surface area contributed by atoms with Gasteiger partial charge in [0.15, 0.2) is 0 Å². The normalized spacial score (nSPS) is 14.7. The number of carbonyl (C=O) groups is 1. The van der Waals surface area contributed by atoms with Crippen molar-refractivity contribution in [2.75, 3.05) is 20.3 Å². The number of fused-ring (bicyclic) bond motifs is 1. The first-order chi connectivity index (χ1) is 24.8. The molecule has 0 saturated carbocycles. The molecule has 0 saturated heterocycles. The number of rotatable bonds is 14. The quantitative estimate of drug-likeness (QED) is 0.0711. The van der Waals surface area contributed by atoms with E-state index in [1.54, 1.807) is 0 Å². The summed E-state index contributed by atoms with van der Waals surface area (Å²) in [6.07, 6.45) is 2.80. The molecule has 1 aliphatic heterocycles. The van der Waals surface area contributed by atoms with Gasteiger partial charge >= 0.3 is 5.97 Å². The van der Waals surface area contributed by atoms with Crippen molar-refractivity contribution in [1.82, 2.24) is 9.55 Å². The molecule has 0 fully saturated rings. The highest BCUT2D eigenvalue weighted by atomic mass is 28.4. The number of hydrogen-bond donors (Lipinski definition) is 0. The first-order valence-electron chi connectivity index (χ1n) is 18.0. The molecule has 0 amide bonds. The van der Waals surface area contributed by atoms with Crippen LogP contribution in [0.25, 0.3) is 0 Å². The lowest BCUT2D eigenvalue weighted by Crippen LogP contribution is -2.67. The number of aromatic nitrogens is 2. The third-order valence-electron chi connectivity index (χ3n) is 9.76. The lowest BCUT2D eigenvalue weighted by atomic mass is 10.1. The largest absolute Gasteiger partial charge is 0.465 e. The Hall–Kier alpha value is -4.63. The van der Waals surface area contributed by atoms with Crippen LogP contribution < -0.4 is 16.0 Å². The topological polar surface area (TPSA) is 74.9 Å². The predicted octanol–water partition coefficient (Wildman–Crippen LogP) is 6.98. The third-order valence-corrected chi connectivity index (χ3v) is 14.8. The number of hydrogen-bond acceptors (Lipinski definition) is 6. The Labute approximate surface area is 303 Å². The second kappa shape index (κ2) is 16.6. The molecule has 8 heteroatoms. The average Bonchev–Trinajstić information content (AvgIpc) is 3.58. The number of carbonyl (C=O) groups excluding carboxylic acids is 1. The lowest BCUT2D eigenvalue weighted by Gasteiger charge is -2.43. The molecule has 0 spiro atoms. The zero-order chi connectivity index (χ0) is 35.7. The van der Waals surface area contributed by atoms with E-state index in [9.17, 15) is 4.79 Å². The molecule has 1 aliphatic rings. The summed E-state index contributed by atoms with van der Waals surface area (Å²) in [7, 11) is -1.36. The Kier molecular flexibility index (Phi) is 11.8. The number of esters is 1. The van der Waals surface area contributed by atoms with Crippen molar-refractivity contribution < 1.29 is 18.7 Å². The van der Waals surface area contributed by atoms with Crippen LogP contribution in [0.15, 0.2) is 126 Å². The number of nitrogens with zero attached hydrogens (tertiary/aromatic N) is 3. The Morgan fingerprint density at radius 2 is 1.41 bits per heavy atom. The van der Waals surface area contributed by atoms with Crippen LogP contribution >= 0.6 is 0 Å². The van der Waals surface area contributed by atoms with Gasteiger partial charge in [0.1, 0.15) is 5.56 Å². The molecule has 0 bridgehead atoms. The van der Waals surface area contributed by atoms with Gasteiger partial charge in [-0.3, -0.25) is 0 Å². The smallest absolute Gasteiger partial charge is 0.341 e. The van der Waals surface area contributed by atoms with Crippen LogP contribution in [-0.4, -0.2) is 44.2 Å². The fourth-order valence-corrected chi connectivity index (χ4v) is 11.9. The highest BCUT2D eigenvalue weighted by Crippen LogP contribution is 2.38. The maximum atomic E-state index is 13.5. The summed E-state index contributed by atoms with van der Waals surface area (Å²) in [5.74, 6) is -0.366. The van der Waals surface area contributed by atoms with Crippen molar-refractivity contribution in [2.45, 2.75) is 70.7 Å². The summed E-state index contributed by atoms with van der Waals surface area (Å²) < 4.78 is 21.0. The zero-order valence-electron chi connectivity index (χ0n) is 30.3. The van der Waals surface area contributed by atoms with Crippen LogP contribution in [-0.2, 0) is 39.9 Å². The Bertz CT molecular complexity index is 1900. The van der Waals surface area contributed by atoms with E-state index in [4.69, 9.17) is 23.9 Å². The molecule has 1 atom stereocenters. The van der Waals surface area contributed by atoms with Gasteiger partial charge in [0, 0.05) is 12.3 Å². The third kappa shape index (κ3) is 8.14. The van der Waals surface area contributed by atoms with Gasteiger partial charge in [0.2, 0.25) is 5.62 Å². The van der Waals surface area contributed by atoms with Crippen molar-refractivity contribution in [3.05, 3.63) is 155 Å². The summed E-state index contributed by atoms with van der Waals surface area (Å²) in [4.78, 5) is 23.8. The van der Waals surface area contributed by atoms with Gasteiger partial charge in [0.25, 0.3) is 8.32 Å². The molecule has 7 nitrogen and oxygen atoms in total. The lowest BCUT2D eigenvalue weighted by molar-refractivity contribution is 0.0595. The molecule has 5 aromatic rings. The number of ether oxygens (including phenoxy) is 2. The van der Waals surface area contributed by atoms with Crippen molar-refractivity contribution >= 4 is 24.7 Å². The molecule has 264 valence electrons. The van der Waals surface area contributed by atoms with E-state index in [1.165, 1.54) is 17.5 Å². The van der Waals surface area contributed by atoms with Gasteiger partial charge in [-0.25, -0.2) is 14.8 Å². The van der Waals surface area contributed by atoms with Crippen molar-refractivity contribution in [1.29, 1.82) is 0 Å². The van der Waals surface area contributed by atoms with E-state index in [0.717, 1.165) is 23.2 Å². The molecular weight excluding hydrogens is 651 g/mol. The van der Waals surface area contributed by atoms with Crippen LogP contribution in [0.2, 0.25) is 5.04 Å². The second-order valence-corrected chi connectivity index (χ2v) is 18.5. The minimum atomic E-state index is -2.80. The highest BCUT2D eigenvalue weighted by Gasteiger charge is 2.50. The van der Waals surface area contributed by atoms with Crippen molar-refractivity contribution in [2.24, 2.45) is 4.99 Å². The van der Waals surface area contributed by atoms with Gasteiger partial charge in [-0.05, 0) is 52.2 Å². The molecule has 0 radical (unpaired) electrons. The molecule has 4 aromatic carbocycles. The summed E-state index contributed by atoms with van der Waals surface area (Å²) in [6, 6.07) is 41.7. The van der Waals surface area contributed by atoms with Crippen LogP contribution in [0.1, 0.15) is 72.5 Å². The molecular formula is C43H49N3O4Si. The Morgan fingerprint density at radius 1 is 0.843 bits per heavy atom. The maximum absolute atomic E-state index is 13.5. The van der Waals surface area contributed by atoms with E-state index in [1.807, 2.05) is 36.4 Å². The van der Waals surface area contributed by atoms with Gasteiger partial charge < -0.3 is 18.5 Å². The first-order valence-corrected chi connectivity index (χ1v) is 19.9. The summed E-state index contributed by atoms with van der Waals surface area (Å²) in [5, 5.41) is 2.31. The SMILES string of the molecule is COC(=O)c1c(CCCOCc2ccccc2)nc(=NCc2ccccc2)n2c1CC[C@H]2CO[Si](c1ccccc1)(c1ccccc1)C(C)(C)C. The molecule has 6 rings (SSSR count). The van der Waals surface area contributed by atoms with Crippen molar-refractivity contribution in [3.63, 3.8) is 0 Å². The van der Waals surface area contributed by atoms with Crippen LogP contribution in [0.4, 0.5) is 0 Å². The summed E-state index contributed by atoms with van der Waals surface area (Å²) in [6.45, 7) is 8.92. The fraction of sp³-hybridized carbons (Fsp3) is 0.326. The minimum absolute atomic E-state index is 0.0599. The summed E-state index contributed by atoms with van der Waals surface area (Å²) >= 11 is 0. The molecule has 51 heavy (non-hydrogen) atoms. The fourth-order valence-electron chi connectivity index (χ4n) is 7.32. The maximum Gasteiger partial charge on any atom is 0.341 e. The van der Waals surface area contributed by atoms with Crippen LogP contribution in [0.5, 0.6) is 0 Å². The monoisotopic (exact) mass is 699 g/mol. The first kappa shape index (κ1) is 36.2. The van der Waals surface area contributed by atoms with E-state index in [0.29, 0.717) is 62.5 Å². The predicted molar refractivity (Wildman–Crippen MR) is 205 cm³/mol. The van der Waals surface area contributed by atoms with E-state index < -0.39 is 8.32 Å². The van der Waals surface area contributed by atoms with E-state index in [2.05, 4.69) is 110 Å². The van der Waals surface area contributed by atoms with Gasteiger partial charge in [-0.1, -0.05) is 142 Å². The molecule has 1 aromatic heterocycles. The standard InChI is InChI=1S/C43H49N3O4Si/c1-43(2,3)51(36-22-13-7-14-23-36,37-24-15-8-16-25-37)50-32-35-27-28-39-40(41(47)48-4)38(26-17-29-49-31-34-20-11-6-12-21-34)45-42(46(35)39)44-30-33-18-9-5-10-19-33/h5-16,18-25,35H,17,26-32H2,1-4H3/t35-/m0/s1. The number of benzene rings is 4. The highest BCUT2D eigenvalue weighted by molar-refractivity contribution is 6.99. The summed E-state index contributed by atoms with van der Waals surface area (Å²) in [5.41, 5.74) is 5.02. The Balaban J connectivity index is 1.37. The van der Waals surface area contributed by atoms with E-state index in [-0.39, 0.29) is 17.0 Å². The Morgan fingerprint density at radius 3 is 1.98 bits per heavy atom. The van der Waals surface area contributed by atoms with Crippen molar-refractivity contribution in [3.8, 4) is 0 Å². The number of methoxy groups -OCH3 is 1. The average molecular weight is 700 g/mol. The number of aryl methyl sites for hydroxylation is 1. The van der Waals surface area contributed by atoms with E-state index >= 15 is 0 Å². The van der Waals surface area contributed by atoms with Gasteiger partial charge in [-0.2, -0.15) is 0 Å². The molecule has 0 N–H and O–H groups in total. The van der Waals surface area contributed by atoms with Crippen LogP contribution in [0, 0.1) is 0 Å². The van der Waals surface area contributed by atoms with Gasteiger partial charge in [-0.15, -0.1) is 0 Å². The van der Waals surface area contributed by atoms with Crippen LogP contribution in [0.3, 0.4) is 0 Å². The second-order valence-electron chi connectivity index (χ2n) is 14.2. The molecule has 0 unspecified atom stereocenters.